The van der Waals surface area contributed by atoms with E-state index >= 15 is 0 Å². The molecule has 1 N–H and O–H groups in total. The standard InChI is InChI=1S/C19H28N4O3/c1-19(2,3)26-18(25)23-13-11-22(12-14-23)10-9-21-17(24)7-6-16-5-4-8-20-15-16/h4-8,15H,9-14H2,1-3H3,(H,21,24)/b7-6-. The van der Waals surface area contributed by atoms with E-state index in [9.17, 15) is 9.59 Å². The molecule has 0 bridgehead atoms. The number of ether oxygens (including phenoxy) is 1. The first kappa shape index (κ1) is 19.9. The minimum atomic E-state index is -0.470. The number of aromatic nitrogens is 1. The van der Waals surface area contributed by atoms with Crippen molar-refractivity contribution >= 4 is 18.1 Å². The van der Waals surface area contributed by atoms with Gasteiger partial charge in [0.1, 0.15) is 5.60 Å². The molecule has 1 aromatic rings. The molecule has 142 valence electrons. The molecule has 1 aliphatic rings. The number of pyridine rings is 1. The summed E-state index contributed by atoms with van der Waals surface area (Å²) in [7, 11) is 0. The molecule has 2 rings (SSSR count). The Hall–Kier alpha value is -2.41. The van der Waals surface area contributed by atoms with Crippen molar-refractivity contribution in [2.45, 2.75) is 26.4 Å². The summed E-state index contributed by atoms with van der Waals surface area (Å²) in [5, 5.41) is 2.87. The van der Waals surface area contributed by atoms with Gasteiger partial charge in [-0.3, -0.25) is 14.7 Å². The van der Waals surface area contributed by atoms with Crippen molar-refractivity contribution in [2.24, 2.45) is 0 Å². The molecule has 1 aliphatic heterocycles. The van der Waals surface area contributed by atoms with Crippen LogP contribution in [0.3, 0.4) is 0 Å². The van der Waals surface area contributed by atoms with Crippen molar-refractivity contribution < 1.29 is 14.3 Å². The highest BCUT2D eigenvalue weighted by Crippen LogP contribution is 2.11. The number of rotatable bonds is 5. The fourth-order valence-electron chi connectivity index (χ4n) is 2.52. The van der Waals surface area contributed by atoms with Gasteiger partial charge in [-0.05, 0) is 38.5 Å². The maximum atomic E-state index is 12.0. The Balaban J connectivity index is 1.63. The Kier molecular flexibility index (Phi) is 7.15. The number of amides is 2. The second kappa shape index (κ2) is 9.33. The lowest BCUT2D eigenvalue weighted by atomic mass is 10.2. The predicted molar refractivity (Wildman–Crippen MR) is 101 cm³/mol. The largest absolute Gasteiger partial charge is 0.444 e. The first-order valence-corrected chi connectivity index (χ1v) is 8.90. The van der Waals surface area contributed by atoms with Gasteiger partial charge in [-0.15, -0.1) is 0 Å². The van der Waals surface area contributed by atoms with Gasteiger partial charge < -0.3 is 15.0 Å². The van der Waals surface area contributed by atoms with Crippen molar-refractivity contribution in [1.29, 1.82) is 0 Å². The lowest BCUT2D eigenvalue weighted by Crippen LogP contribution is -2.51. The molecule has 0 atom stereocenters. The molecule has 1 fully saturated rings. The molecule has 0 aromatic carbocycles. The molecule has 0 saturated carbocycles. The normalized spacial score (nSPS) is 15.9. The van der Waals surface area contributed by atoms with Crippen molar-refractivity contribution in [1.82, 2.24) is 20.1 Å². The SMILES string of the molecule is CC(C)(C)OC(=O)N1CCN(CCNC(=O)/C=C\c2cccnc2)CC1. The highest BCUT2D eigenvalue weighted by molar-refractivity contribution is 5.91. The molecule has 0 unspecified atom stereocenters. The smallest absolute Gasteiger partial charge is 0.410 e. The van der Waals surface area contributed by atoms with Gasteiger partial charge in [-0.1, -0.05) is 6.07 Å². The second-order valence-electron chi connectivity index (χ2n) is 7.22. The van der Waals surface area contributed by atoms with Gasteiger partial charge in [0.25, 0.3) is 0 Å². The Morgan fingerprint density at radius 2 is 2.00 bits per heavy atom. The van der Waals surface area contributed by atoms with Crippen LogP contribution in [0.4, 0.5) is 4.79 Å². The summed E-state index contributed by atoms with van der Waals surface area (Å²) in [6, 6.07) is 3.72. The lowest BCUT2D eigenvalue weighted by molar-refractivity contribution is -0.116. The van der Waals surface area contributed by atoms with Crippen LogP contribution in [-0.4, -0.2) is 71.7 Å². The van der Waals surface area contributed by atoms with E-state index in [1.807, 2.05) is 32.9 Å². The van der Waals surface area contributed by atoms with E-state index in [-0.39, 0.29) is 12.0 Å². The highest BCUT2D eigenvalue weighted by atomic mass is 16.6. The van der Waals surface area contributed by atoms with Crippen molar-refractivity contribution in [2.75, 3.05) is 39.3 Å². The fourth-order valence-corrected chi connectivity index (χ4v) is 2.52. The predicted octanol–water partition coefficient (Wildman–Crippen LogP) is 1.76. The molecular weight excluding hydrogens is 332 g/mol. The maximum Gasteiger partial charge on any atom is 0.410 e. The van der Waals surface area contributed by atoms with Crippen molar-refractivity contribution in [3.05, 3.63) is 36.2 Å². The lowest BCUT2D eigenvalue weighted by Gasteiger charge is -2.35. The number of hydrogen-bond donors (Lipinski definition) is 1. The van der Waals surface area contributed by atoms with Gasteiger partial charge in [0.2, 0.25) is 5.91 Å². The Morgan fingerprint density at radius 1 is 1.27 bits per heavy atom. The minimum absolute atomic E-state index is 0.124. The van der Waals surface area contributed by atoms with Crippen LogP contribution >= 0.6 is 0 Å². The van der Waals surface area contributed by atoms with Gasteiger partial charge in [0.05, 0.1) is 0 Å². The zero-order valence-corrected chi connectivity index (χ0v) is 15.8. The number of nitrogens with one attached hydrogen (secondary N) is 1. The molecule has 7 nitrogen and oxygen atoms in total. The van der Waals surface area contributed by atoms with Crippen LogP contribution in [-0.2, 0) is 9.53 Å². The molecule has 1 aromatic heterocycles. The summed E-state index contributed by atoms with van der Waals surface area (Å²) in [6.45, 7) is 9.78. The minimum Gasteiger partial charge on any atom is -0.444 e. The van der Waals surface area contributed by atoms with Crippen LogP contribution in [0.1, 0.15) is 26.3 Å². The van der Waals surface area contributed by atoms with E-state index in [0.717, 1.165) is 25.2 Å². The first-order chi connectivity index (χ1) is 12.3. The van der Waals surface area contributed by atoms with Crippen molar-refractivity contribution in [3.63, 3.8) is 0 Å². The van der Waals surface area contributed by atoms with Crippen LogP contribution in [0.25, 0.3) is 6.08 Å². The molecule has 0 spiro atoms. The summed E-state index contributed by atoms with van der Waals surface area (Å²) in [5.41, 5.74) is 0.419. The molecule has 2 heterocycles. The van der Waals surface area contributed by atoms with E-state index in [1.165, 1.54) is 6.08 Å². The second-order valence-corrected chi connectivity index (χ2v) is 7.22. The molecule has 26 heavy (non-hydrogen) atoms. The van der Waals surface area contributed by atoms with Gasteiger partial charge in [0, 0.05) is 57.7 Å². The number of nitrogens with zero attached hydrogens (tertiary/aromatic N) is 3. The molecule has 2 amide bonds. The number of piperazine rings is 1. The maximum absolute atomic E-state index is 12.0. The fraction of sp³-hybridized carbons (Fsp3) is 0.526. The summed E-state index contributed by atoms with van der Waals surface area (Å²) in [6.07, 6.45) is 6.39. The molecular formula is C19H28N4O3. The summed E-state index contributed by atoms with van der Waals surface area (Å²) >= 11 is 0. The van der Waals surface area contributed by atoms with Crippen molar-refractivity contribution in [3.8, 4) is 0 Å². The van der Waals surface area contributed by atoms with Crippen LogP contribution in [0.5, 0.6) is 0 Å². The summed E-state index contributed by atoms with van der Waals surface area (Å²) < 4.78 is 5.39. The van der Waals surface area contributed by atoms with Gasteiger partial charge in [-0.25, -0.2) is 4.79 Å². The van der Waals surface area contributed by atoms with E-state index in [4.69, 9.17) is 4.74 Å². The van der Waals surface area contributed by atoms with E-state index < -0.39 is 5.60 Å². The van der Waals surface area contributed by atoms with E-state index in [1.54, 1.807) is 23.4 Å². The molecule has 1 saturated heterocycles. The quantitative estimate of drug-likeness (QED) is 0.810. The zero-order valence-electron chi connectivity index (χ0n) is 15.8. The van der Waals surface area contributed by atoms with Crippen LogP contribution in [0.2, 0.25) is 0 Å². The Bertz CT molecular complexity index is 617. The Labute approximate surface area is 155 Å². The third-order valence-corrected chi connectivity index (χ3v) is 3.86. The zero-order chi connectivity index (χ0) is 19.0. The van der Waals surface area contributed by atoms with E-state index in [2.05, 4.69) is 15.2 Å². The van der Waals surface area contributed by atoms with Crippen LogP contribution in [0, 0.1) is 0 Å². The average molecular weight is 360 g/mol. The number of carbonyl (C=O) groups excluding carboxylic acids is 2. The number of hydrogen-bond acceptors (Lipinski definition) is 5. The molecule has 0 aliphatic carbocycles. The highest BCUT2D eigenvalue weighted by Gasteiger charge is 2.25. The monoisotopic (exact) mass is 360 g/mol. The van der Waals surface area contributed by atoms with Gasteiger partial charge in [-0.2, -0.15) is 0 Å². The third kappa shape index (κ3) is 7.23. The third-order valence-electron chi connectivity index (χ3n) is 3.86. The first-order valence-electron chi connectivity index (χ1n) is 8.90. The Morgan fingerprint density at radius 3 is 2.62 bits per heavy atom. The summed E-state index contributed by atoms with van der Waals surface area (Å²) in [5.74, 6) is -0.124. The van der Waals surface area contributed by atoms with Gasteiger partial charge in [0.15, 0.2) is 0 Å². The topological polar surface area (TPSA) is 74.8 Å². The number of carbonyl (C=O) groups is 2. The van der Waals surface area contributed by atoms with Crippen LogP contribution < -0.4 is 5.32 Å². The molecule has 7 heteroatoms. The average Bonchev–Trinajstić information content (AvgIpc) is 2.60. The van der Waals surface area contributed by atoms with Crippen LogP contribution in [0.15, 0.2) is 30.6 Å². The summed E-state index contributed by atoms with van der Waals surface area (Å²) in [4.78, 5) is 31.8. The van der Waals surface area contributed by atoms with E-state index in [0.29, 0.717) is 19.6 Å². The van der Waals surface area contributed by atoms with Gasteiger partial charge >= 0.3 is 6.09 Å². The molecule has 0 radical (unpaired) electrons.